The number of primary amides is 1. The summed E-state index contributed by atoms with van der Waals surface area (Å²) in [6.07, 6.45) is 1.43. The molecule has 1 rings (SSSR count). The number of benzene rings is 1. The minimum absolute atomic E-state index is 0. The van der Waals surface area contributed by atoms with Crippen LogP contribution in [0.3, 0.4) is 0 Å². The smallest absolute Gasteiger partial charge is 0.251 e. The van der Waals surface area contributed by atoms with Gasteiger partial charge in [0.1, 0.15) is 0 Å². The minimum Gasteiger partial charge on any atom is -0.370 e. The van der Waals surface area contributed by atoms with Gasteiger partial charge in [-0.1, -0.05) is 19.4 Å². The Balaban J connectivity index is 0.00000529. The molecule has 6 N–H and O–H groups in total. The lowest BCUT2D eigenvalue weighted by Gasteiger charge is -2.23. The highest BCUT2D eigenvalue weighted by molar-refractivity contribution is 6.00. The first-order valence-corrected chi connectivity index (χ1v) is 7.53. The zero-order valence-corrected chi connectivity index (χ0v) is 14.7. The van der Waals surface area contributed by atoms with Gasteiger partial charge in [0, 0.05) is 24.2 Å². The van der Waals surface area contributed by atoms with Gasteiger partial charge in [0.25, 0.3) is 5.91 Å². The third-order valence-electron chi connectivity index (χ3n) is 3.33. The first-order chi connectivity index (χ1) is 10.8. The summed E-state index contributed by atoms with van der Waals surface area (Å²) in [6, 6.07) is 6.51. The van der Waals surface area contributed by atoms with Crippen LogP contribution in [0.4, 0.5) is 5.69 Å². The molecule has 8 heteroatoms. The number of halogens is 1. The Hall–Kier alpha value is -2.12. The maximum Gasteiger partial charge on any atom is 0.251 e. The predicted molar refractivity (Wildman–Crippen MR) is 96.0 cm³/mol. The highest BCUT2D eigenvalue weighted by Gasteiger charge is 2.27. The van der Waals surface area contributed by atoms with E-state index >= 15 is 0 Å². The number of rotatable bonds is 8. The van der Waals surface area contributed by atoms with E-state index in [1.54, 1.807) is 31.2 Å². The van der Waals surface area contributed by atoms with Crippen LogP contribution in [0.1, 0.15) is 43.5 Å². The highest BCUT2D eigenvalue weighted by Crippen LogP contribution is 2.15. The van der Waals surface area contributed by atoms with Gasteiger partial charge < -0.3 is 22.1 Å². The number of anilines is 1. The second-order valence-corrected chi connectivity index (χ2v) is 5.67. The van der Waals surface area contributed by atoms with Crippen LogP contribution < -0.4 is 22.1 Å². The second-order valence-electron chi connectivity index (χ2n) is 5.67. The van der Waals surface area contributed by atoms with E-state index in [1.165, 1.54) is 0 Å². The average Bonchev–Trinajstić information content (AvgIpc) is 2.47. The number of nitrogens with one attached hydrogen (secondary N) is 2. The maximum atomic E-state index is 12.2. The van der Waals surface area contributed by atoms with Crippen molar-refractivity contribution in [3.8, 4) is 0 Å². The van der Waals surface area contributed by atoms with E-state index < -0.39 is 11.4 Å². The molecular formula is C16H25ClN4O3. The van der Waals surface area contributed by atoms with Crippen molar-refractivity contribution < 1.29 is 14.4 Å². The summed E-state index contributed by atoms with van der Waals surface area (Å²) in [5, 5.41) is 5.30. The molecule has 0 saturated heterocycles. The fourth-order valence-electron chi connectivity index (χ4n) is 2.05. The Morgan fingerprint density at radius 1 is 1.25 bits per heavy atom. The van der Waals surface area contributed by atoms with E-state index in [0.29, 0.717) is 17.7 Å². The molecule has 24 heavy (non-hydrogen) atoms. The summed E-state index contributed by atoms with van der Waals surface area (Å²) in [4.78, 5) is 34.8. The van der Waals surface area contributed by atoms with E-state index in [-0.39, 0.29) is 37.2 Å². The van der Waals surface area contributed by atoms with Crippen molar-refractivity contribution in [1.29, 1.82) is 0 Å². The topological polar surface area (TPSA) is 127 Å². The summed E-state index contributed by atoms with van der Waals surface area (Å²) >= 11 is 0. The lowest BCUT2D eigenvalue weighted by molar-refractivity contribution is -0.121. The molecule has 1 unspecified atom stereocenters. The Morgan fingerprint density at radius 2 is 1.92 bits per heavy atom. The number of carbonyl (C=O) groups is 3. The number of amides is 3. The Labute approximate surface area is 147 Å². The van der Waals surface area contributed by atoms with Crippen LogP contribution in [0.5, 0.6) is 0 Å². The monoisotopic (exact) mass is 356 g/mol. The fourth-order valence-corrected chi connectivity index (χ4v) is 2.05. The molecule has 0 aliphatic carbocycles. The van der Waals surface area contributed by atoms with Gasteiger partial charge >= 0.3 is 0 Å². The molecule has 0 spiro atoms. The molecule has 134 valence electrons. The molecule has 1 aromatic carbocycles. The molecule has 1 aromatic rings. The quantitative estimate of drug-likeness (QED) is 0.557. The zero-order valence-electron chi connectivity index (χ0n) is 13.9. The minimum atomic E-state index is -0.964. The van der Waals surface area contributed by atoms with Crippen molar-refractivity contribution in [2.45, 2.75) is 38.6 Å². The lowest BCUT2D eigenvalue weighted by atomic mass is 9.96. The largest absolute Gasteiger partial charge is 0.370 e. The van der Waals surface area contributed by atoms with Gasteiger partial charge in [-0.05, 0) is 31.5 Å². The Kier molecular flexibility index (Phi) is 9.02. The molecule has 0 aliphatic rings. The Bertz CT molecular complexity index is 590. The summed E-state index contributed by atoms with van der Waals surface area (Å²) in [5.74, 6) is -1.12. The standard InChI is InChI=1S/C16H24N4O3.ClH/c1-3-8-16(2,18)15(23)20-12-6-4-5-11(10-12)14(22)19-9-7-13(17)21;/h4-6,10H,3,7-9,18H2,1-2H3,(H2,17,21)(H,19,22)(H,20,23);1H. The van der Waals surface area contributed by atoms with Gasteiger partial charge in [0.15, 0.2) is 0 Å². The van der Waals surface area contributed by atoms with Crippen molar-refractivity contribution in [2.75, 3.05) is 11.9 Å². The normalized spacial score (nSPS) is 12.5. The maximum absolute atomic E-state index is 12.2. The summed E-state index contributed by atoms with van der Waals surface area (Å²) in [5.41, 5.74) is 10.9. The van der Waals surface area contributed by atoms with E-state index in [0.717, 1.165) is 6.42 Å². The second kappa shape index (κ2) is 9.89. The molecule has 0 radical (unpaired) electrons. The molecule has 1 atom stereocenters. The number of nitrogens with two attached hydrogens (primary N) is 2. The lowest BCUT2D eigenvalue weighted by Crippen LogP contribution is -2.48. The van der Waals surface area contributed by atoms with E-state index in [2.05, 4.69) is 10.6 Å². The SMILES string of the molecule is CCCC(C)(N)C(=O)Nc1cccc(C(=O)NCCC(N)=O)c1.Cl. The van der Waals surface area contributed by atoms with Crippen LogP contribution in [-0.4, -0.2) is 29.8 Å². The molecule has 0 aromatic heterocycles. The van der Waals surface area contributed by atoms with Crippen molar-refractivity contribution in [3.05, 3.63) is 29.8 Å². The average molecular weight is 357 g/mol. The van der Waals surface area contributed by atoms with Crippen molar-refractivity contribution in [3.63, 3.8) is 0 Å². The van der Waals surface area contributed by atoms with Crippen LogP contribution in [-0.2, 0) is 9.59 Å². The molecule has 0 saturated carbocycles. The summed E-state index contributed by atoms with van der Waals surface area (Å²) in [7, 11) is 0. The third-order valence-corrected chi connectivity index (χ3v) is 3.33. The van der Waals surface area contributed by atoms with Gasteiger partial charge in [-0.15, -0.1) is 12.4 Å². The van der Waals surface area contributed by atoms with E-state index in [4.69, 9.17) is 11.5 Å². The van der Waals surface area contributed by atoms with Gasteiger partial charge in [0.05, 0.1) is 5.54 Å². The zero-order chi connectivity index (χ0) is 17.5. The van der Waals surface area contributed by atoms with Crippen LogP contribution in [0.25, 0.3) is 0 Å². The molecule has 0 aliphatic heterocycles. The molecule has 0 bridgehead atoms. The van der Waals surface area contributed by atoms with Gasteiger partial charge in [-0.3, -0.25) is 14.4 Å². The predicted octanol–water partition coefficient (Wildman–Crippen LogP) is 1.17. The molecule has 0 heterocycles. The highest BCUT2D eigenvalue weighted by atomic mass is 35.5. The van der Waals surface area contributed by atoms with Crippen LogP contribution in [0.15, 0.2) is 24.3 Å². The first kappa shape index (κ1) is 21.9. The Morgan fingerprint density at radius 3 is 2.50 bits per heavy atom. The van der Waals surface area contributed by atoms with Crippen LogP contribution in [0.2, 0.25) is 0 Å². The van der Waals surface area contributed by atoms with Gasteiger partial charge in [-0.25, -0.2) is 0 Å². The number of hydrogen-bond donors (Lipinski definition) is 4. The number of hydrogen-bond acceptors (Lipinski definition) is 4. The van der Waals surface area contributed by atoms with Crippen LogP contribution in [0, 0.1) is 0 Å². The van der Waals surface area contributed by atoms with E-state index in [9.17, 15) is 14.4 Å². The molecule has 0 fully saturated rings. The molecular weight excluding hydrogens is 332 g/mol. The summed E-state index contributed by atoms with van der Waals surface area (Å²) < 4.78 is 0. The van der Waals surface area contributed by atoms with E-state index in [1.807, 2.05) is 6.92 Å². The van der Waals surface area contributed by atoms with Crippen molar-refractivity contribution in [2.24, 2.45) is 11.5 Å². The molecule has 7 nitrogen and oxygen atoms in total. The number of carbonyl (C=O) groups excluding carboxylic acids is 3. The van der Waals surface area contributed by atoms with Gasteiger partial charge in [-0.2, -0.15) is 0 Å². The fraction of sp³-hybridized carbons (Fsp3) is 0.438. The van der Waals surface area contributed by atoms with Crippen molar-refractivity contribution in [1.82, 2.24) is 5.32 Å². The molecule has 3 amide bonds. The van der Waals surface area contributed by atoms with Crippen molar-refractivity contribution >= 4 is 35.8 Å². The third kappa shape index (κ3) is 6.97. The summed E-state index contributed by atoms with van der Waals surface area (Å²) in [6.45, 7) is 3.80. The first-order valence-electron chi connectivity index (χ1n) is 7.53. The van der Waals surface area contributed by atoms with Crippen LogP contribution >= 0.6 is 12.4 Å². The van der Waals surface area contributed by atoms with Gasteiger partial charge in [0.2, 0.25) is 11.8 Å².